The van der Waals surface area contributed by atoms with Gasteiger partial charge in [-0.3, -0.25) is 0 Å². The molecule has 0 aromatic heterocycles. The second kappa shape index (κ2) is 6.06. The molecule has 0 aromatic rings. The number of amides is 2. The fourth-order valence-corrected chi connectivity index (χ4v) is 2.20. The van der Waals surface area contributed by atoms with Crippen LogP contribution in [0.1, 0.15) is 25.7 Å². The Bertz CT molecular complexity index is 221. The second-order valence-electron chi connectivity index (χ2n) is 4.58. The molecule has 2 aliphatic rings. The van der Waals surface area contributed by atoms with Crippen LogP contribution in [0.3, 0.4) is 0 Å². The summed E-state index contributed by atoms with van der Waals surface area (Å²) >= 11 is 0. The highest BCUT2D eigenvalue weighted by atomic mass is 16.5. The Balaban J connectivity index is 1.68. The van der Waals surface area contributed by atoms with Gasteiger partial charge in [-0.1, -0.05) is 6.42 Å². The standard InChI is InChI=1S/C11H21N3O2/c15-11(14-10-4-6-16-8-10)13-9-3-1-2-5-12-7-9/h9-10,12H,1-8H2,(H2,13,14,15). The molecule has 0 bridgehead atoms. The van der Waals surface area contributed by atoms with Crippen molar-refractivity contribution in [3.05, 3.63) is 0 Å². The summed E-state index contributed by atoms with van der Waals surface area (Å²) in [5, 5.41) is 9.29. The average molecular weight is 227 g/mol. The highest BCUT2D eigenvalue weighted by Gasteiger charge is 2.19. The maximum Gasteiger partial charge on any atom is 0.315 e. The van der Waals surface area contributed by atoms with Crippen LogP contribution >= 0.6 is 0 Å². The van der Waals surface area contributed by atoms with Gasteiger partial charge in [0.1, 0.15) is 0 Å². The van der Waals surface area contributed by atoms with Crippen LogP contribution in [0.5, 0.6) is 0 Å². The zero-order valence-corrected chi connectivity index (χ0v) is 9.63. The average Bonchev–Trinajstić information content (AvgIpc) is 2.62. The van der Waals surface area contributed by atoms with Crippen LogP contribution in [0.2, 0.25) is 0 Å². The molecule has 2 atom stereocenters. The number of ether oxygens (including phenoxy) is 1. The van der Waals surface area contributed by atoms with Crippen LogP contribution in [0, 0.1) is 0 Å². The van der Waals surface area contributed by atoms with Crippen molar-refractivity contribution in [1.29, 1.82) is 0 Å². The van der Waals surface area contributed by atoms with Gasteiger partial charge in [0.2, 0.25) is 0 Å². The Labute approximate surface area is 96.3 Å². The quantitative estimate of drug-likeness (QED) is 0.632. The fraction of sp³-hybridized carbons (Fsp3) is 0.909. The summed E-state index contributed by atoms with van der Waals surface area (Å²) in [5.74, 6) is 0. The molecule has 0 aromatic carbocycles. The summed E-state index contributed by atoms with van der Waals surface area (Å²) in [6, 6.07) is 0.410. The van der Waals surface area contributed by atoms with Gasteiger partial charge < -0.3 is 20.7 Å². The summed E-state index contributed by atoms with van der Waals surface area (Å²) in [6.07, 6.45) is 4.39. The smallest absolute Gasteiger partial charge is 0.315 e. The first-order chi connectivity index (χ1) is 7.84. The molecule has 0 spiro atoms. The first-order valence-corrected chi connectivity index (χ1v) is 6.20. The monoisotopic (exact) mass is 227 g/mol. The topological polar surface area (TPSA) is 62.4 Å². The van der Waals surface area contributed by atoms with E-state index in [2.05, 4.69) is 16.0 Å². The third-order valence-electron chi connectivity index (χ3n) is 3.15. The molecule has 2 fully saturated rings. The van der Waals surface area contributed by atoms with E-state index in [0.717, 1.165) is 32.5 Å². The fourth-order valence-electron chi connectivity index (χ4n) is 2.20. The Morgan fingerprint density at radius 3 is 2.88 bits per heavy atom. The van der Waals surface area contributed by atoms with Gasteiger partial charge in [0.05, 0.1) is 12.6 Å². The molecular formula is C11H21N3O2. The Morgan fingerprint density at radius 2 is 2.06 bits per heavy atom. The van der Waals surface area contributed by atoms with Gasteiger partial charge in [0.25, 0.3) is 0 Å². The maximum atomic E-state index is 11.7. The normalized spacial score (nSPS) is 30.8. The van der Waals surface area contributed by atoms with E-state index in [0.29, 0.717) is 6.61 Å². The van der Waals surface area contributed by atoms with Crippen molar-refractivity contribution in [1.82, 2.24) is 16.0 Å². The zero-order valence-electron chi connectivity index (χ0n) is 9.63. The summed E-state index contributed by atoms with van der Waals surface area (Å²) < 4.78 is 5.21. The Kier molecular flexibility index (Phi) is 4.42. The predicted octanol–water partition coefficient (Wildman–Crippen LogP) is 0.217. The minimum Gasteiger partial charge on any atom is -0.379 e. The van der Waals surface area contributed by atoms with Gasteiger partial charge in [-0.25, -0.2) is 4.79 Å². The number of rotatable bonds is 2. The number of urea groups is 1. The lowest BCUT2D eigenvalue weighted by Gasteiger charge is -2.18. The molecular weight excluding hydrogens is 206 g/mol. The van der Waals surface area contributed by atoms with Crippen molar-refractivity contribution in [2.75, 3.05) is 26.3 Å². The molecule has 5 nitrogen and oxygen atoms in total. The Morgan fingerprint density at radius 1 is 1.19 bits per heavy atom. The van der Waals surface area contributed by atoms with Crippen molar-refractivity contribution >= 4 is 6.03 Å². The molecule has 2 amide bonds. The van der Waals surface area contributed by atoms with E-state index in [-0.39, 0.29) is 18.1 Å². The number of hydrogen-bond donors (Lipinski definition) is 3. The van der Waals surface area contributed by atoms with E-state index in [1.807, 2.05) is 0 Å². The summed E-state index contributed by atoms with van der Waals surface area (Å²) in [4.78, 5) is 11.7. The van der Waals surface area contributed by atoms with Crippen LogP contribution in [-0.4, -0.2) is 44.4 Å². The molecule has 2 saturated heterocycles. The first-order valence-electron chi connectivity index (χ1n) is 6.20. The van der Waals surface area contributed by atoms with Crippen LogP contribution in [0.15, 0.2) is 0 Å². The third kappa shape index (κ3) is 3.64. The van der Waals surface area contributed by atoms with Crippen molar-refractivity contribution in [2.24, 2.45) is 0 Å². The summed E-state index contributed by atoms with van der Waals surface area (Å²) in [6.45, 7) is 3.36. The molecule has 2 rings (SSSR count). The molecule has 0 radical (unpaired) electrons. The van der Waals surface area contributed by atoms with Gasteiger partial charge in [-0.05, 0) is 25.8 Å². The van der Waals surface area contributed by atoms with Crippen molar-refractivity contribution in [3.63, 3.8) is 0 Å². The molecule has 2 heterocycles. The van der Waals surface area contributed by atoms with Crippen molar-refractivity contribution < 1.29 is 9.53 Å². The van der Waals surface area contributed by atoms with E-state index >= 15 is 0 Å². The molecule has 3 N–H and O–H groups in total. The lowest BCUT2D eigenvalue weighted by Crippen LogP contribution is -2.48. The van der Waals surface area contributed by atoms with Crippen LogP contribution in [0.25, 0.3) is 0 Å². The zero-order chi connectivity index (χ0) is 11.2. The molecule has 2 aliphatic heterocycles. The van der Waals surface area contributed by atoms with E-state index in [4.69, 9.17) is 4.74 Å². The van der Waals surface area contributed by atoms with Crippen LogP contribution in [0.4, 0.5) is 4.79 Å². The van der Waals surface area contributed by atoms with Gasteiger partial charge in [-0.2, -0.15) is 0 Å². The second-order valence-corrected chi connectivity index (χ2v) is 4.58. The van der Waals surface area contributed by atoms with Crippen molar-refractivity contribution in [3.8, 4) is 0 Å². The minimum absolute atomic E-state index is 0.0517. The van der Waals surface area contributed by atoms with Gasteiger partial charge in [0.15, 0.2) is 0 Å². The largest absolute Gasteiger partial charge is 0.379 e. The lowest BCUT2D eigenvalue weighted by molar-refractivity contribution is 0.188. The highest BCUT2D eigenvalue weighted by molar-refractivity contribution is 5.74. The predicted molar refractivity (Wildman–Crippen MR) is 61.4 cm³/mol. The molecule has 0 saturated carbocycles. The number of carbonyl (C=O) groups is 1. The van der Waals surface area contributed by atoms with E-state index in [9.17, 15) is 4.79 Å². The lowest BCUT2D eigenvalue weighted by atomic mass is 10.1. The van der Waals surface area contributed by atoms with Crippen LogP contribution < -0.4 is 16.0 Å². The van der Waals surface area contributed by atoms with E-state index < -0.39 is 0 Å². The summed E-state index contributed by atoms with van der Waals surface area (Å²) in [5.41, 5.74) is 0. The number of hydrogen-bond acceptors (Lipinski definition) is 3. The number of nitrogens with one attached hydrogen (secondary N) is 3. The van der Waals surface area contributed by atoms with Crippen LogP contribution in [-0.2, 0) is 4.74 Å². The first kappa shape index (κ1) is 11.7. The van der Waals surface area contributed by atoms with E-state index in [1.54, 1.807) is 0 Å². The Hall–Kier alpha value is -0.810. The third-order valence-corrected chi connectivity index (χ3v) is 3.15. The van der Waals surface area contributed by atoms with Gasteiger partial charge >= 0.3 is 6.03 Å². The van der Waals surface area contributed by atoms with Gasteiger partial charge in [-0.15, -0.1) is 0 Å². The minimum atomic E-state index is -0.0517. The molecule has 0 aliphatic carbocycles. The molecule has 16 heavy (non-hydrogen) atoms. The highest BCUT2D eigenvalue weighted by Crippen LogP contribution is 2.05. The van der Waals surface area contributed by atoms with Crippen molar-refractivity contribution in [2.45, 2.75) is 37.8 Å². The van der Waals surface area contributed by atoms with Gasteiger partial charge in [0, 0.05) is 19.2 Å². The molecule has 92 valence electrons. The molecule has 2 unspecified atom stereocenters. The van der Waals surface area contributed by atoms with E-state index in [1.165, 1.54) is 12.8 Å². The molecule has 5 heteroatoms. The maximum absolute atomic E-state index is 11.7. The number of carbonyl (C=O) groups excluding carboxylic acids is 1. The SMILES string of the molecule is O=C(NC1CCCCNC1)NC1CCOC1. The summed E-state index contributed by atoms with van der Waals surface area (Å²) in [7, 11) is 0.